The van der Waals surface area contributed by atoms with Gasteiger partial charge in [0.1, 0.15) is 6.04 Å². The normalized spacial score (nSPS) is 17.0. The number of hydrogen-bond acceptors (Lipinski definition) is 3. The van der Waals surface area contributed by atoms with Crippen LogP contribution in [0.4, 0.5) is 13.2 Å². The molecule has 4 nitrogen and oxygen atoms in total. The maximum absolute atomic E-state index is 13.2. The minimum Gasteiger partial charge on any atom is -0.351 e. The Labute approximate surface area is 162 Å². The van der Waals surface area contributed by atoms with Crippen LogP contribution in [-0.2, 0) is 9.59 Å². The molecule has 0 unspecified atom stereocenters. The molecule has 2 amide bonds. The number of carbonyl (C=O) groups excluding carboxylic acids is 2. The second-order valence-electron chi connectivity index (χ2n) is 7.54. The van der Waals surface area contributed by atoms with E-state index in [0.29, 0.717) is 9.78 Å². The van der Waals surface area contributed by atoms with Crippen molar-refractivity contribution in [2.24, 2.45) is 5.92 Å². The number of thiophene rings is 1. The Balaban J connectivity index is 2.35. The zero-order valence-corrected chi connectivity index (χ0v) is 16.8. The average molecular weight is 404 g/mol. The minimum absolute atomic E-state index is 0.0447. The van der Waals surface area contributed by atoms with Gasteiger partial charge in [-0.2, -0.15) is 13.2 Å². The van der Waals surface area contributed by atoms with Gasteiger partial charge < -0.3 is 10.2 Å². The molecule has 0 spiro atoms. The smallest absolute Gasteiger partial charge is 0.351 e. The van der Waals surface area contributed by atoms with Crippen LogP contribution in [0.3, 0.4) is 0 Å². The third-order valence-electron chi connectivity index (χ3n) is 4.61. The van der Waals surface area contributed by atoms with Crippen molar-refractivity contribution in [3.63, 3.8) is 0 Å². The van der Waals surface area contributed by atoms with E-state index in [0.717, 1.165) is 37.0 Å². The number of aryl methyl sites for hydroxylation is 1. The van der Waals surface area contributed by atoms with Crippen LogP contribution >= 0.6 is 11.3 Å². The molecule has 0 aliphatic heterocycles. The van der Waals surface area contributed by atoms with Gasteiger partial charge in [0.05, 0.1) is 0 Å². The van der Waals surface area contributed by atoms with Crippen molar-refractivity contribution in [2.45, 2.75) is 71.1 Å². The van der Waals surface area contributed by atoms with Crippen molar-refractivity contribution in [1.82, 2.24) is 10.2 Å². The fourth-order valence-electron chi connectivity index (χ4n) is 3.41. The summed E-state index contributed by atoms with van der Waals surface area (Å²) in [6, 6.07) is 2.09. The highest BCUT2D eigenvalue weighted by molar-refractivity contribution is 7.12. The van der Waals surface area contributed by atoms with Gasteiger partial charge in [0, 0.05) is 22.3 Å². The molecule has 2 rings (SSSR count). The number of hydrogen-bond donors (Lipinski definition) is 1. The molecule has 0 saturated heterocycles. The van der Waals surface area contributed by atoms with Crippen LogP contribution in [-0.4, -0.2) is 35.5 Å². The predicted molar refractivity (Wildman–Crippen MR) is 99.4 cm³/mol. The maximum atomic E-state index is 13.2. The van der Waals surface area contributed by atoms with E-state index in [1.807, 2.05) is 6.92 Å². The van der Waals surface area contributed by atoms with Crippen molar-refractivity contribution in [2.75, 3.05) is 6.54 Å². The highest BCUT2D eigenvalue weighted by atomic mass is 32.1. The molecular formula is C19H27F3N2O2S. The Morgan fingerprint density at radius 1 is 1.22 bits per heavy atom. The number of alkyl halides is 3. The molecule has 0 aromatic carbocycles. The minimum atomic E-state index is -5.02. The van der Waals surface area contributed by atoms with Crippen molar-refractivity contribution in [3.05, 3.63) is 21.9 Å². The number of nitrogens with one attached hydrogen (secondary N) is 1. The summed E-state index contributed by atoms with van der Waals surface area (Å²) in [5, 5.41) is 2.89. The lowest BCUT2D eigenvalue weighted by Crippen LogP contribution is -2.51. The third kappa shape index (κ3) is 5.96. The maximum Gasteiger partial charge on any atom is 0.471 e. The summed E-state index contributed by atoms with van der Waals surface area (Å²) in [4.78, 5) is 27.2. The highest BCUT2D eigenvalue weighted by Gasteiger charge is 2.47. The molecule has 27 heavy (non-hydrogen) atoms. The summed E-state index contributed by atoms with van der Waals surface area (Å²) in [6.07, 6.45) is -0.301. The number of carbonyl (C=O) groups is 2. The molecule has 152 valence electrons. The SMILES string of the molecule is Cc1ccc([C@@H](C(=O)NC2CCCCC2)N(CC(C)C)C(=O)C(F)(F)F)s1. The second-order valence-corrected chi connectivity index (χ2v) is 8.86. The summed E-state index contributed by atoms with van der Waals surface area (Å²) in [6.45, 7) is 5.14. The van der Waals surface area contributed by atoms with Gasteiger partial charge in [-0.1, -0.05) is 33.1 Å². The van der Waals surface area contributed by atoms with E-state index in [1.165, 1.54) is 11.3 Å². The Kier molecular flexibility index (Phi) is 7.31. The summed E-state index contributed by atoms with van der Waals surface area (Å²) in [7, 11) is 0. The molecule has 8 heteroatoms. The molecule has 1 aliphatic carbocycles. The zero-order valence-electron chi connectivity index (χ0n) is 15.9. The second kappa shape index (κ2) is 9.08. The summed E-state index contributed by atoms with van der Waals surface area (Å²) in [5.74, 6) is -2.70. The number of halogens is 3. The van der Waals surface area contributed by atoms with Gasteiger partial charge in [-0.25, -0.2) is 0 Å². The van der Waals surface area contributed by atoms with Gasteiger partial charge in [-0.05, 0) is 37.8 Å². The van der Waals surface area contributed by atoms with Crippen LogP contribution in [0.25, 0.3) is 0 Å². The lowest BCUT2D eigenvalue weighted by atomic mass is 9.95. The number of rotatable bonds is 6. The standard InChI is InChI=1S/C19H27F3N2O2S/c1-12(2)11-24(18(26)19(20,21)22)16(15-10-9-13(3)27-15)17(25)23-14-7-5-4-6-8-14/h9-10,12,14,16H,4-8,11H2,1-3H3,(H,23,25)/t16-/m0/s1. The quantitative estimate of drug-likeness (QED) is 0.754. The summed E-state index contributed by atoms with van der Waals surface area (Å²) in [5.41, 5.74) is 0. The Hall–Kier alpha value is -1.57. The largest absolute Gasteiger partial charge is 0.471 e. The first-order valence-electron chi connectivity index (χ1n) is 9.34. The van der Waals surface area contributed by atoms with E-state index in [2.05, 4.69) is 5.32 Å². The van der Waals surface area contributed by atoms with E-state index in [1.54, 1.807) is 26.0 Å². The molecule has 1 aliphatic rings. The lowest BCUT2D eigenvalue weighted by molar-refractivity contribution is -0.189. The third-order valence-corrected chi connectivity index (χ3v) is 5.66. The van der Waals surface area contributed by atoms with E-state index in [9.17, 15) is 22.8 Å². The average Bonchev–Trinajstić information content (AvgIpc) is 2.99. The molecule has 1 atom stereocenters. The molecule has 0 bridgehead atoms. The number of amides is 2. The Bertz CT molecular complexity index is 652. The van der Waals surface area contributed by atoms with E-state index >= 15 is 0 Å². The van der Waals surface area contributed by atoms with Crippen LogP contribution in [0.5, 0.6) is 0 Å². The van der Waals surface area contributed by atoms with Crippen molar-refractivity contribution in [1.29, 1.82) is 0 Å². The number of nitrogens with zero attached hydrogens (tertiary/aromatic N) is 1. The van der Waals surface area contributed by atoms with Gasteiger partial charge >= 0.3 is 12.1 Å². The van der Waals surface area contributed by atoms with Crippen molar-refractivity contribution < 1.29 is 22.8 Å². The van der Waals surface area contributed by atoms with E-state index in [-0.39, 0.29) is 18.5 Å². The molecule has 0 radical (unpaired) electrons. The van der Waals surface area contributed by atoms with Crippen LogP contribution < -0.4 is 5.32 Å². The molecule has 1 fully saturated rings. The molecule has 1 N–H and O–H groups in total. The topological polar surface area (TPSA) is 49.4 Å². The first-order chi connectivity index (χ1) is 12.6. The van der Waals surface area contributed by atoms with Gasteiger partial charge in [0.15, 0.2) is 0 Å². The predicted octanol–water partition coefficient (Wildman–Crippen LogP) is 4.59. The molecular weight excluding hydrogens is 377 g/mol. The first kappa shape index (κ1) is 21.7. The van der Waals surface area contributed by atoms with E-state index in [4.69, 9.17) is 0 Å². The van der Waals surface area contributed by atoms with E-state index < -0.39 is 24.0 Å². The molecule has 1 aromatic heterocycles. The van der Waals surface area contributed by atoms with Gasteiger partial charge in [-0.3, -0.25) is 9.59 Å². The fraction of sp³-hybridized carbons (Fsp3) is 0.684. The van der Waals surface area contributed by atoms with Gasteiger partial charge in [-0.15, -0.1) is 11.3 Å². The van der Waals surface area contributed by atoms with Gasteiger partial charge in [0.2, 0.25) is 5.91 Å². The fourth-order valence-corrected chi connectivity index (χ4v) is 4.40. The first-order valence-corrected chi connectivity index (χ1v) is 10.2. The van der Waals surface area contributed by atoms with Crippen molar-refractivity contribution in [3.8, 4) is 0 Å². The monoisotopic (exact) mass is 404 g/mol. The highest BCUT2D eigenvalue weighted by Crippen LogP contribution is 2.32. The lowest BCUT2D eigenvalue weighted by Gasteiger charge is -2.34. The van der Waals surface area contributed by atoms with Gasteiger partial charge in [0.25, 0.3) is 0 Å². The van der Waals surface area contributed by atoms with Crippen LogP contribution in [0.1, 0.15) is 61.7 Å². The van der Waals surface area contributed by atoms with Crippen LogP contribution in [0, 0.1) is 12.8 Å². The summed E-state index contributed by atoms with van der Waals surface area (Å²) < 4.78 is 39.7. The Morgan fingerprint density at radius 2 is 1.85 bits per heavy atom. The molecule has 1 saturated carbocycles. The van der Waals surface area contributed by atoms with Crippen LogP contribution in [0.15, 0.2) is 12.1 Å². The van der Waals surface area contributed by atoms with Crippen molar-refractivity contribution >= 4 is 23.2 Å². The summed E-state index contributed by atoms with van der Waals surface area (Å²) >= 11 is 1.25. The zero-order chi connectivity index (χ0) is 20.2. The molecule has 1 heterocycles. The van der Waals surface area contributed by atoms with Crippen LogP contribution in [0.2, 0.25) is 0 Å². The molecule has 1 aromatic rings. The Morgan fingerprint density at radius 3 is 2.33 bits per heavy atom.